The number of rotatable bonds is 4. The Balaban J connectivity index is 0.000000592. The fraction of sp³-hybridized carbons (Fsp3) is 0.136. The van der Waals surface area contributed by atoms with Gasteiger partial charge in [0.2, 0.25) is 0 Å². The average molecular weight is 348 g/mol. The molecule has 4 nitrogen and oxygen atoms in total. The molecule has 1 fully saturated rings. The molecule has 0 aromatic heterocycles. The highest BCUT2D eigenvalue weighted by atomic mass is 17.2. The van der Waals surface area contributed by atoms with Crippen molar-refractivity contribution >= 4 is 5.97 Å². The van der Waals surface area contributed by atoms with E-state index in [1.165, 1.54) is 43.5 Å². The minimum absolute atomic E-state index is 0.109. The quantitative estimate of drug-likeness (QED) is 0.508. The summed E-state index contributed by atoms with van der Waals surface area (Å²) in [7, 11) is 0. The van der Waals surface area contributed by atoms with Crippen molar-refractivity contribution in [3.8, 4) is 22.6 Å². The number of hydrogen-bond acceptors (Lipinski definition) is 4. The number of benzene rings is 3. The van der Waals surface area contributed by atoms with E-state index in [0.29, 0.717) is 11.3 Å². The van der Waals surface area contributed by atoms with Crippen LogP contribution in [0.4, 0.5) is 0 Å². The van der Waals surface area contributed by atoms with E-state index in [1.807, 2.05) is 42.5 Å². The van der Waals surface area contributed by atoms with Gasteiger partial charge < -0.3 is 5.11 Å². The molecule has 0 radical (unpaired) electrons. The van der Waals surface area contributed by atoms with Crippen LogP contribution in [0.5, 0.6) is 11.5 Å². The van der Waals surface area contributed by atoms with Crippen LogP contribution < -0.4 is 4.89 Å². The Hall–Kier alpha value is -3.27. The molecule has 1 aliphatic rings. The molecule has 3 aromatic carbocycles. The van der Waals surface area contributed by atoms with Crippen LogP contribution in [0.25, 0.3) is 11.1 Å². The van der Waals surface area contributed by atoms with Crippen molar-refractivity contribution in [2.24, 2.45) is 0 Å². The van der Waals surface area contributed by atoms with Crippen molar-refractivity contribution in [2.75, 3.05) is 0 Å². The minimum Gasteiger partial charge on any atom is -0.508 e. The van der Waals surface area contributed by atoms with E-state index < -0.39 is 5.97 Å². The molecule has 132 valence electrons. The second kappa shape index (κ2) is 8.72. The van der Waals surface area contributed by atoms with Gasteiger partial charge in [-0.1, -0.05) is 67.8 Å². The third kappa shape index (κ3) is 5.11. The van der Waals surface area contributed by atoms with Gasteiger partial charge in [0.15, 0.2) is 5.75 Å². The van der Waals surface area contributed by atoms with Crippen LogP contribution in [-0.2, 0) is 4.89 Å². The number of hydrogen-bond donors (Lipinski definition) is 1. The zero-order valence-corrected chi connectivity index (χ0v) is 14.3. The Labute approximate surface area is 152 Å². The predicted octanol–water partition coefficient (Wildman–Crippen LogP) is 5.38. The summed E-state index contributed by atoms with van der Waals surface area (Å²) in [5, 5.41) is 9.21. The summed E-state index contributed by atoms with van der Waals surface area (Å²) >= 11 is 0. The van der Waals surface area contributed by atoms with Crippen LogP contribution in [0.1, 0.15) is 29.6 Å². The first-order valence-electron chi connectivity index (χ1n) is 8.56. The van der Waals surface area contributed by atoms with Crippen molar-refractivity contribution < 1.29 is 19.7 Å². The van der Waals surface area contributed by atoms with Crippen molar-refractivity contribution in [3.05, 3.63) is 84.4 Å². The summed E-state index contributed by atoms with van der Waals surface area (Å²) in [5.41, 5.74) is 2.11. The summed E-state index contributed by atoms with van der Waals surface area (Å²) < 4.78 is 0. The first-order valence-corrected chi connectivity index (χ1v) is 8.56. The molecule has 0 bridgehead atoms. The van der Waals surface area contributed by atoms with Gasteiger partial charge in [0.25, 0.3) is 0 Å². The molecule has 0 saturated heterocycles. The van der Waals surface area contributed by atoms with Crippen molar-refractivity contribution in [3.63, 3.8) is 0 Å². The number of phenols is 1. The maximum absolute atomic E-state index is 12.3. The van der Waals surface area contributed by atoms with E-state index in [4.69, 9.17) is 9.78 Å². The lowest BCUT2D eigenvalue weighted by molar-refractivity contribution is -0.149. The molecule has 0 heterocycles. The summed E-state index contributed by atoms with van der Waals surface area (Å²) in [6.07, 6.45) is 4.50. The molecule has 0 aliphatic heterocycles. The smallest absolute Gasteiger partial charge is 0.386 e. The van der Waals surface area contributed by atoms with E-state index in [0.717, 1.165) is 11.1 Å². The molecule has 1 aliphatic carbocycles. The number of phenolic OH excluding ortho intramolecular Hbond substituents is 1. The lowest BCUT2D eigenvalue weighted by atomic mass is 10.00. The van der Waals surface area contributed by atoms with Gasteiger partial charge in [-0.15, -0.1) is 0 Å². The Bertz CT molecular complexity index is 837. The molecule has 0 atom stereocenters. The van der Waals surface area contributed by atoms with Gasteiger partial charge in [-0.05, 0) is 41.5 Å². The van der Waals surface area contributed by atoms with E-state index >= 15 is 0 Å². The highest BCUT2D eigenvalue weighted by Crippen LogP contribution is 2.24. The van der Waals surface area contributed by atoms with Crippen LogP contribution in [0, 0.1) is 0 Å². The van der Waals surface area contributed by atoms with Gasteiger partial charge in [-0.3, -0.25) is 4.89 Å². The molecule has 3 aromatic rings. The third-order valence-corrected chi connectivity index (χ3v) is 3.64. The Morgan fingerprint density at radius 2 is 1.38 bits per heavy atom. The predicted molar refractivity (Wildman–Crippen MR) is 99.9 cm³/mol. The molecular weight excluding hydrogens is 328 g/mol. The van der Waals surface area contributed by atoms with Crippen molar-refractivity contribution in [1.29, 1.82) is 0 Å². The highest BCUT2D eigenvalue weighted by Gasteiger charge is 2.15. The fourth-order valence-electron chi connectivity index (χ4n) is 2.16. The Morgan fingerprint density at radius 1 is 0.769 bits per heavy atom. The molecule has 1 N–H and O–H groups in total. The van der Waals surface area contributed by atoms with Gasteiger partial charge in [-0.25, -0.2) is 9.68 Å². The van der Waals surface area contributed by atoms with Gasteiger partial charge in [-0.2, -0.15) is 0 Å². The standard InChI is InChI=1S/C19H14O4.C3H6/c20-15-10-12-16(13-11-15)22-23-19(21)18-9-5-4-8-17(18)14-6-2-1-3-7-14;1-2-3-1/h1-13,20H;1-3H2. The normalized spacial score (nSPS) is 11.7. The summed E-state index contributed by atoms with van der Waals surface area (Å²) in [4.78, 5) is 22.2. The maximum Gasteiger partial charge on any atom is 0.386 e. The zero-order chi connectivity index (χ0) is 18.2. The summed E-state index contributed by atoms with van der Waals surface area (Å²) in [6.45, 7) is 0. The molecule has 0 spiro atoms. The Morgan fingerprint density at radius 3 is 2.04 bits per heavy atom. The van der Waals surface area contributed by atoms with Crippen LogP contribution in [-0.4, -0.2) is 11.1 Å². The lowest BCUT2D eigenvalue weighted by Crippen LogP contribution is -2.09. The molecule has 0 amide bonds. The molecular formula is C22H20O4. The first-order chi connectivity index (χ1) is 12.7. The van der Waals surface area contributed by atoms with E-state index in [9.17, 15) is 9.90 Å². The molecule has 1 saturated carbocycles. The first kappa shape index (κ1) is 17.5. The Kier molecular flexibility index (Phi) is 5.88. The van der Waals surface area contributed by atoms with Crippen LogP contribution in [0.3, 0.4) is 0 Å². The van der Waals surface area contributed by atoms with Gasteiger partial charge in [0, 0.05) is 0 Å². The summed E-state index contributed by atoms with van der Waals surface area (Å²) in [6, 6.07) is 22.6. The number of aromatic hydroxyl groups is 1. The second-order valence-corrected chi connectivity index (χ2v) is 5.92. The molecule has 4 heteroatoms. The summed E-state index contributed by atoms with van der Waals surface area (Å²) in [5.74, 6) is -0.149. The second-order valence-electron chi connectivity index (χ2n) is 5.92. The van der Waals surface area contributed by atoms with E-state index in [2.05, 4.69) is 0 Å². The highest BCUT2D eigenvalue weighted by molar-refractivity contribution is 5.97. The van der Waals surface area contributed by atoms with Gasteiger partial charge in [0.05, 0.1) is 5.56 Å². The maximum atomic E-state index is 12.3. The van der Waals surface area contributed by atoms with Crippen LogP contribution >= 0.6 is 0 Å². The molecule has 0 unspecified atom stereocenters. The molecule has 26 heavy (non-hydrogen) atoms. The largest absolute Gasteiger partial charge is 0.508 e. The van der Waals surface area contributed by atoms with Gasteiger partial charge >= 0.3 is 5.97 Å². The lowest BCUT2D eigenvalue weighted by Gasteiger charge is -2.09. The van der Waals surface area contributed by atoms with Gasteiger partial charge in [0.1, 0.15) is 5.75 Å². The van der Waals surface area contributed by atoms with Crippen molar-refractivity contribution in [2.45, 2.75) is 19.3 Å². The monoisotopic (exact) mass is 348 g/mol. The van der Waals surface area contributed by atoms with E-state index in [1.54, 1.807) is 12.1 Å². The third-order valence-electron chi connectivity index (χ3n) is 3.64. The van der Waals surface area contributed by atoms with Crippen LogP contribution in [0.15, 0.2) is 78.9 Å². The molecule has 4 rings (SSSR count). The SMILES string of the molecule is C1CC1.O=C(OOc1ccc(O)cc1)c1ccccc1-c1ccccc1. The fourth-order valence-corrected chi connectivity index (χ4v) is 2.16. The van der Waals surface area contributed by atoms with Crippen molar-refractivity contribution in [1.82, 2.24) is 0 Å². The number of carbonyl (C=O) groups excluding carboxylic acids is 1. The number of carbonyl (C=O) groups is 1. The zero-order valence-electron chi connectivity index (χ0n) is 14.3. The van der Waals surface area contributed by atoms with Crippen LogP contribution in [0.2, 0.25) is 0 Å². The average Bonchev–Trinajstić information content (AvgIpc) is 3.57. The minimum atomic E-state index is -0.586. The topological polar surface area (TPSA) is 55.8 Å². The van der Waals surface area contributed by atoms with E-state index in [-0.39, 0.29) is 5.75 Å².